The summed E-state index contributed by atoms with van der Waals surface area (Å²) in [6.07, 6.45) is 2.76. The monoisotopic (exact) mass is 362 g/mol. The van der Waals surface area contributed by atoms with Gasteiger partial charge in [0, 0.05) is 12.1 Å². The number of benzene rings is 2. The van der Waals surface area contributed by atoms with Gasteiger partial charge in [-0.05, 0) is 29.8 Å². The lowest BCUT2D eigenvalue weighted by atomic mass is 10.2. The van der Waals surface area contributed by atoms with Crippen LogP contribution in [0.25, 0.3) is 6.08 Å². The minimum atomic E-state index is -0.562. The van der Waals surface area contributed by atoms with Gasteiger partial charge in [-0.1, -0.05) is 23.7 Å². The number of halogens is 1. The third-order valence-corrected chi connectivity index (χ3v) is 3.52. The molecule has 0 fully saturated rings. The first kappa shape index (κ1) is 18.3. The van der Waals surface area contributed by atoms with Crippen LogP contribution in [0.1, 0.15) is 5.56 Å². The average Bonchev–Trinajstić information content (AvgIpc) is 2.59. The second kappa shape index (κ2) is 8.16. The number of rotatable bonds is 6. The maximum absolute atomic E-state index is 12.0. The molecule has 8 heteroatoms. The van der Waals surface area contributed by atoms with Crippen LogP contribution in [0.15, 0.2) is 42.5 Å². The average molecular weight is 363 g/mol. The summed E-state index contributed by atoms with van der Waals surface area (Å²) in [5, 5.41) is 13.8. The molecule has 0 unspecified atom stereocenters. The third-order valence-electron chi connectivity index (χ3n) is 3.24. The van der Waals surface area contributed by atoms with Crippen LogP contribution < -0.4 is 14.8 Å². The summed E-state index contributed by atoms with van der Waals surface area (Å²) < 4.78 is 10.3. The minimum Gasteiger partial charge on any atom is -0.493 e. The van der Waals surface area contributed by atoms with E-state index in [9.17, 15) is 14.9 Å². The summed E-state index contributed by atoms with van der Waals surface area (Å²) in [5.74, 6) is 0.305. The van der Waals surface area contributed by atoms with E-state index in [0.29, 0.717) is 22.1 Å². The molecule has 2 aromatic carbocycles. The number of ether oxygens (including phenoxy) is 2. The molecular weight excluding hydrogens is 348 g/mol. The van der Waals surface area contributed by atoms with Crippen LogP contribution in [-0.2, 0) is 4.79 Å². The van der Waals surface area contributed by atoms with Crippen molar-refractivity contribution in [2.75, 3.05) is 19.5 Å². The molecule has 0 aliphatic heterocycles. The van der Waals surface area contributed by atoms with Gasteiger partial charge in [0.2, 0.25) is 5.91 Å². The molecule has 1 N–H and O–H groups in total. The third kappa shape index (κ3) is 4.48. The normalized spacial score (nSPS) is 10.5. The number of nitrogens with zero attached hydrogens (tertiary/aromatic N) is 1. The fraction of sp³-hybridized carbons (Fsp3) is 0.118. The van der Waals surface area contributed by atoms with Crippen LogP contribution in [0.2, 0.25) is 5.02 Å². The highest BCUT2D eigenvalue weighted by atomic mass is 35.5. The molecule has 0 bridgehead atoms. The van der Waals surface area contributed by atoms with E-state index in [1.165, 1.54) is 44.6 Å². The highest BCUT2D eigenvalue weighted by Crippen LogP contribution is 2.36. The first-order valence-electron chi connectivity index (χ1n) is 7.10. The molecule has 2 aromatic rings. The number of hydrogen-bond donors (Lipinski definition) is 1. The maximum atomic E-state index is 12.0. The number of nitrogens with one attached hydrogen (secondary N) is 1. The van der Waals surface area contributed by atoms with Gasteiger partial charge in [-0.2, -0.15) is 0 Å². The highest BCUT2D eigenvalue weighted by Gasteiger charge is 2.14. The first-order valence-corrected chi connectivity index (χ1v) is 7.48. The van der Waals surface area contributed by atoms with E-state index < -0.39 is 10.8 Å². The topological polar surface area (TPSA) is 90.7 Å². The highest BCUT2D eigenvalue weighted by molar-refractivity contribution is 6.32. The number of para-hydroxylation sites is 2. The van der Waals surface area contributed by atoms with Crippen molar-refractivity contribution < 1.29 is 19.2 Å². The van der Waals surface area contributed by atoms with Crippen LogP contribution in [0.3, 0.4) is 0 Å². The number of nitro groups is 1. The molecule has 0 heterocycles. The number of amides is 1. The Kier molecular flexibility index (Phi) is 5.97. The molecule has 0 aliphatic carbocycles. The van der Waals surface area contributed by atoms with Crippen molar-refractivity contribution in [3.8, 4) is 11.5 Å². The van der Waals surface area contributed by atoms with Crippen LogP contribution in [0, 0.1) is 10.1 Å². The molecule has 0 radical (unpaired) electrons. The molecule has 2 rings (SSSR count). The van der Waals surface area contributed by atoms with E-state index in [4.69, 9.17) is 21.1 Å². The zero-order valence-electron chi connectivity index (χ0n) is 13.5. The number of nitro benzene ring substituents is 1. The molecule has 0 atom stereocenters. The number of carbonyl (C=O) groups is 1. The summed E-state index contributed by atoms with van der Waals surface area (Å²) in [6, 6.07) is 9.15. The fourth-order valence-corrected chi connectivity index (χ4v) is 2.42. The molecule has 0 aromatic heterocycles. The Morgan fingerprint density at radius 3 is 2.60 bits per heavy atom. The SMILES string of the molecule is COc1cc(/C=C/C(=O)Nc2ccccc2[N+](=O)[O-])cc(Cl)c1OC. The van der Waals surface area contributed by atoms with E-state index in [1.54, 1.807) is 18.2 Å². The van der Waals surface area contributed by atoms with Gasteiger partial charge in [0.25, 0.3) is 5.69 Å². The van der Waals surface area contributed by atoms with Crippen molar-refractivity contribution in [3.05, 3.63) is 63.2 Å². The molecule has 0 spiro atoms. The standard InChI is InChI=1S/C17H15ClN2O5/c1-24-15-10-11(9-12(18)17(15)25-2)7-8-16(21)19-13-5-3-4-6-14(13)20(22)23/h3-10H,1-2H3,(H,19,21)/b8-7+. The second-order valence-corrected chi connectivity index (χ2v) is 5.24. The Balaban J connectivity index is 2.19. The van der Waals surface area contributed by atoms with E-state index in [2.05, 4.69) is 5.32 Å². The largest absolute Gasteiger partial charge is 0.493 e. The molecule has 7 nitrogen and oxygen atoms in total. The summed E-state index contributed by atoms with van der Waals surface area (Å²) in [4.78, 5) is 22.4. The van der Waals surface area contributed by atoms with Gasteiger partial charge < -0.3 is 14.8 Å². The minimum absolute atomic E-state index is 0.118. The Labute approximate surface area is 149 Å². The zero-order chi connectivity index (χ0) is 18.4. The van der Waals surface area contributed by atoms with Crippen molar-refractivity contribution in [1.82, 2.24) is 0 Å². The number of anilines is 1. The van der Waals surface area contributed by atoms with Gasteiger partial charge in [-0.25, -0.2) is 0 Å². The van der Waals surface area contributed by atoms with Crippen molar-refractivity contribution in [2.45, 2.75) is 0 Å². The van der Waals surface area contributed by atoms with Crippen molar-refractivity contribution >= 4 is 35.0 Å². The summed E-state index contributed by atoms with van der Waals surface area (Å²) in [5.41, 5.74) is 0.547. The van der Waals surface area contributed by atoms with Crippen LogP contribution >= 0.6 is 11.6 Å². The predicted octanol–water partition coefficient (Wildman–Crippen LogP) is 3.92. The number of methoxy groups -OCH3 is 2. The number of hydrogen-bond acceptors (Lipinski definition) is 5. The van der Waals surface area contributed by atoms with E-state index >= 15 is 0 Å². The lowest BCUT2D eigenvalue weighted by molar-refractivity contribution is -0.383. The van der Waals surface area contributed by atoms with Crippen molar-refractivity contribution in [3.63, 3.8) is 0 Å². The lowest BCUT2D eigenvalue weighted by Gasteiger charge is -2.10. The Bertz CT molecular complexity index is 836. The van der Waals surface area contributed by atoms with E-state index in [0.717, 1.165) is 0 Å². The number of carbonyl (C=O) groups excluding carboxylic acids is 1. The summed E-state index contributed by atoms with van der Waals surface area (Å²) in [7, 11) is 2.95. The van der Waals surface area contributed by atoms with Crippen LogP contribution in [0.4, 0.5) is 11.4 Å². The summed E-state index contributed by atoms with van der Waals surface area (Å²) >= 11 is 6.10. The Morgan fingerprint density at radius 2 is 1.96 bits per heavy atom. The van der Waals surface area contributed by atoms with E-state index in [-0.39, 0.29) is 11.4 Å². The smallest absolute Gasteiger partial charge is 0.292 e. The fourth-order valence-electron chi connectivity index (χ4n) is 2.12. The summed E-state index contributed by atoms with van der Waals surface area (Å²) in [6.45, 7) is 0. The van der Waals surface area contributed by atoms with Crippen molar-refractivity contribution in [1.29, 1.82) is 0 Å². The molecule has 25 heavy (non-hydrogen) atoms. The predicted molar refractivity (Wildman–Crippen MR) is 95.3 cm³/mol. The molecule has 0 saturated heterocycles. The first-order chi connectivity index (χ1) is 12.0. The quantitative estimate of drug-likeness (QED) is 0.478. The molecular formula is C17H15ClN2O5. The molecule has 0 saturated carbocycles. The van der Waals surface area contributed by atoms with Crippen molar-refractivity contribution in [2.24, 2.45) is 0 Å². The Hall–Kier alpha value is -3.06. The molecule has 1 amide bonds. The van der Waals surface area contributed by atoms with Crippen LogP contribution in [-0.4, -0.2) is 25.1 Å². The van der Waals surface area contributed by atoms with Gasteiger partial charge in [0.1, 0.15) is 5.69 Å². The van der Waals surface area contributed by atoms with Gasteiger partial charge in [0.15, 0.2) is 11.5 Å². The molecule has 0 aliphatic rings. The van der Waals surface area contributed by atoms with Gasteiger partial charge in [-0.15, -0.1) is 0 Å². The second-order valence-electron chi connectivity index (χ2n) is 4.84. The lowest BCUT2D eigenvalue weighted by Crippen LogP contribution is -2.09. The maximum Gasteiger partial charge on any atom is 0.292 e. The molecule has 130 valence electrons. The van der Waals surface area contributed by atoms with Gasteiger partial charge in [-0.3, -0.25) is 14.9 Å². The van der Waals surface area contributed by atoms with E-state index in [1.807, 2.05) is 0 Å². The van der Waals surface area contributed by atoms with Gasteiger partial charge >= 0.3 is 0 Å². The van der Waals surface area contributed by atoms with Crippen LogP contribution in [0.5, 0.6) is 11.5 Å². The van der Waals surface area contributed by atoms with Gasteiger partial charge in [0.05, 0.1) is 24.2 Å². The zero-order valence-corrected chi connectivity index (χ0v) is 14.2. The Morgan fingerprint density at radius 1 is 1.24 bits per heavy atom.